The first-order valence-corrected chi connectivity index (χ1v) is 6.17. The van der Waals surface area contributed by atoms with E-state index in [2.05, 4.69) is 44.2 Å². The molecule has 0 aromatic heterocycles. The number of ether oxygens (including phenoxy) is 1. The molecule has 1 nitrogen and oxygen atoms in total. The van der Waals surface area contributed by atoms with Crippen LogP contribution in [0.2, 0.25) is 0 Å². The third-order valence-corrected chi connectivity index (χ3v) is 2.78. The first kappa shape index (κ1) is 12.4. The quantitative estimate of drug-likeness (QED) is 0.767. The Labute approximate surface area is 109 Å². The Bertz CT molecular complexity index is 527. The Balaban J connectivity index is 1.91. The average molecular weight is 238 g/mol. The van der Waals surface area contributed by atoms with Gasteiger partial charge >= 0.3 is 0 Å². The fraction of sp³-hybridized carbons (Fsp3) is 0.176. The van der Waals surface area contributed by atoms with Crippen LogP contribution in [0.5, 0.6) is 5.75 Å². The number of benzene rings is 2. The van der Waals surface area contributed by atoms with Crippen LogP contribution < -0.4 is 4.74 Å². The van der Waals surface area contributed by atoms with Crippen molar-refractivity contribution in [3.05, 3.63) is 71.3 Å². The largest absolute Gasteiger partial charge is 0.489 e. The summed E-state index contributed by atoms with van der Waals surface area (Å²) in [5.74, 6) is 0.957. The maximum absolute atomic E-state index is 5.73. The molecular formula is C17H18O. The lowest BCUT2D eigenvalue weighted by Gasteiger charge is -2.07. The van der Waals surface area contributed by atoms with Crippen molar-refractivity contribution < 1.29 is 4.74 Å². The Kier molecular flexibility index (Phi) is 4.19. The van der Waals surface area contributed by atoms with Crippen LogP contribution in [0.3, 0.4) is 0 Å². The SMILES string of the molecule is Cc1ccc(OC/C=C\c2ccccc2)c(C)c1. The zero-order valence-corrected chi connectivity index (χ0v) is 10.9. The summed E-state index contributed by atoms with van der Waals surface area (Å²) in [5, 5.41) is 0. The zero-order valence-electron chi connectivity index (χ0n) is 10.9. The van der Waals surface area contributed by atoms with E-state index >= 15 is 0 Å². The number of hydrogen-bond acceptors (Lipinski definition) is 1. The molecule has 0 spiro atoms. The van der Waals surface area contributed by atoms with E-state index in [1.54, 1.807) is 0 Å². The zero-order chi connectivity index (χ0) is 12.8. The molecule has 0 aliphatic rings. The van der Waals surface area contributed by atoms with Crippen LogP contribution in [-0.2, 0) is 0 Å². The summed E-state index contributed by atoms with van der Waals surface area (Å²) in [5.41, 5.74) is 3.64. The Hall–Kier alpha value is -2.02. The van der Waals surface area contributed by atoms with Gasteiger partial charge in [0.15, 0.2) is 0 Å². The maximum Gasteiger partial charge on any atom is 0.122 e. The number of aryl methyl sites for hydroxylation is 2. The Morgan fingerprint density at radius 3 is 2.50 bits per heavy atom. The van der Waals surface area contributed by atoms with Gasteiger partial charge in [0.25, 0.3) is 0 Å². The molecule has 18 heavy (non-hydrogen) atoms. The van der Waals surface area contributed by atoms with E-state index in [0.29, 0.717) is 6.61 Å². The molecule has 0 amide bonds. The molecule has 92 valence electrons. The van der Waals surface area contributed by atoms with Crippen LogP contribution in [0, 0.1) is 13.8 Å². The minimum Gasteiger partial charge on any atom is -0.489 e. The molecule has 2 rings (SSSR count). The molecule has 0 saturated heterocycles. The molecule has 1 heteroatoms. The third-order valence-electron chi connectivity index (χ3n) is 2.78. The molecule has 0 aliphatic heterocycles. The summed E-state index contributed by atoms with van der Waals surface area (Å²) < 4.78 is 5.73. The van der Waals surface area contributed by atoms with Crippen LogP contribution in [0.4, 0.5) is 0 Å². The lowest BCUT2D eigenvalue weighted by molar-refractivity contribution is 0.361. The fourth-order valence-corrected chi connectivity index (χ4v) is 1.85. The van der Waals surface area contributed by atoms with Gasteiger partial charge in [-0.2, -0.15) is 0 Å². The highest BCUT2D eigenvalue weighted by molar-refractivity contribution is 5.48. The van der Waals surface area contributed by atoms with Gasteiger partial charge in [-0.1, -0.05) is 54.1 Å². The topological polar surface area (TPSA) is 9.23 Å². The fourth-order valence-electron chi connectivity index (χ4n) is 1.85. The van der Waals surface area contributed by atoms with Crippen LogP contribution in [0.1, 0.15) is 16.7 Å². The third kappa shape index (κ3) is 3.49. The Morgan fingerprint density at radius 2 is 1.78 bits per heavy atom. The first-order valence-electron chi connectivity index (χ1n) is 6.17. The molecule has 0 heterocycles. The van der Waals surface area contributed by atoms with Crippen LogP contribution in [-0.4, -0.2) is 6.61 Å². The van der Waals surface area contributed by atoms with E-state index < -0.39 is 0 Å². The Morgan fingerprint density at radius 1 is 1.00 bits per heavy atom. The van der Waals surface area contributed by atoms with Gasteiger partial charge in [0.1, 0.15) is 12.4 Å². The van der Waals surface area contributed by atoms with Gasteiger partial charge in [0.2, 0.25) is 0 Å². The molecule has 0 radical (unpaired) electrons. The number of hydrogen-bond donors (Lipinski definition) is 0. The summed E-state index contributed by atoms with van der Waals surface area (Å²) in [6.07, 6.45) is 4.11. The maximum atomic E-state index is 5.73. The second-order valence-electron chi connectivity index (χ2n) is 4.39. The summed E-state index contributed by atoms with van der Waals surface area (Å²) in [4.78, 5) is 0. The molecule has 0 fully saturated rings. The summed E-state index contributed by atoms with van der Waals surface area (Å²) in [7, 11) is 0. The summed E-state index contributed by atoms with van der Waals surface area (Å²) >= 11 is 0. The standard InChI is InChI=1S/C17H18O/c1-14-10-11-17(15(2)13-14)18-12-6-9-16-7-4-3-5-8-16/h3-11,13H,12H2,1-2H3/b9-6-. The second kappa shape index (κ2) is 6.06. The van der Waals surface area contributed by atoms with Crippen molar-refractivity contribution >= 4 is 6.08 Å². The van der Waals surface area contributed by atoms with Crippen molar-refractivity contribution in [2.75, 3.05) is 6.61 Å². The average Bonchev–Trinajstić information content (AvgIpc) is 2.38. The monoisotopic (exact) mass is 238 g/mol. The second-order valence-corrected chi connectivity index (χ2v) is 4.39. The highest BCUT2D eigenvalue weighted by atomic mass is 16.5. The van der Waals surface area contributed by atoms with Gasteiger partial charge in [-0.15, -0.1) is 0 Å². The van der Waals surface area contributed by atoms with Crippen molar-refractivity contribution in [1.82, 2.24) is 0 Å². The smallest absolute Gasteiger partial charge is 0.122 e. The van der Waals surface area contributed by atoms with E-state index in [9.17, 15) is 0 Å². The molecule has 0 bridgehead atoms. The predicted octanol–water partition coefficient (Wildman–Crippen LogP) is 4.40. The summed E-state index contributed by atoms with van der Waals surface area (Å²) in [6.45, 7) is 4.76. The molecule has 0 aliphatic carbocycles. The molecule has 2 aromatic carbocycles. The molecule has 0 atom stereocenters. The van der Waals surface area contributed by atoms with E-state index in [1.165, 1.54) is 16.7 Å². The van der Waals surface area contributed by atoms with Gasteiger partial charge in [-0.25, -0.2) is 0 Å². The predicted molar refractivity (Wildman–Crippen MR) is 76.9 cm³/mol. The summed E-state index contributed by atoms with van der Waals surface area (Å²) in [6, 6.07) is 16.5. The number of rotatable bonds is 4. The van der Waals surface area contributed by atoms with Crippen molar-refractivity contribution in [3.8, 4) is 5.75 Å². The molecule has 0 N–H and O–H groups in total. The van der Waals surface area contributed by atoms with E-state index in [1.807, 2.05) is 30.3 Å². The van der Waals surface area contributed by atoms with Crippen LogP contribution in [0.15, 0.2) is 54.6 Å². The minimum atomic E-state index is 0.596. The molecule has 2 aromatic rings. The highest BCUT2D eigenvalue weighted by Gasteiger charge is 1.97. The van der Waals surface area contributed by atoms with Gasteiger partial charge in [0.05, 0.1) is 0 Å². The normalized spacial score (nSPS) is 10.8. The highest BCUT2D eigenvalue weighted by Crippen LogP contribution is 2.18. The molecule has 0 unspecified atom stereocenters. The lowest BCUT2D eigenvalue weighted by atomic mass is 10.1. The lowest BCUT2D eigenvalue weighted by Crippen LogP contribution is -1.95. The van der Waals surface area contributed by atoms with Crippen LogP contribution >= 0.6 is 0 Å². The van der Waals surface area contributed by atoms with E-state index in [0.717, 1.165) is 5.75 Å². The first-order chi connectivity index (χ1) is 8.75. The van der Waals surface area contributed by atoms with E-state index in [4.69, 9.17) is 4.74 Å². The van der Waals surface area contributed by atoms with Crippen molar-refractivity contribution in [1.29, 1.82) is 0 Å². The van der Waals surface area contributed by atoms with Crippen LogP contribution in [0.25, 0.3) is 6.08 Å². The molecular weight excluding hydrogens is 220 g/mol. The minimum absolute atomic E-state index is 0.596. The van der Waals surface area contributed by atoms with E-state index in [-0.39, 0.29) is 0 Å². The molecule has 0 saturated carbocycles. The van der Waals surface area contributed by atoms with Gasteiger partial charge in [-0.05, 0) is 37.1 Å². The van der Waals surface area contributed by atoms with Crippen molar-refractivity contribution in [2.24, 2.45) is 0 Å². The van der Waals surface area contributed by atoms with Crippen molar-refractivity contribution in [3.63, 3.8) is 0 Å². The van der Waals surface area contributed by atoms with Gasteiger partial charge in [0, 0.05) is 0 Å². The van der Waals surface area contributed by atoms with Gasteiger partial charge in [-0.3, -0.25) is 0 Å². The van der Waals surface area contributed by atoms with Gasteiger partial charge < -0.3 is 4.74 Å². The van der Waals surface area contributed by atoms with Crippen molar-refractivity contribution in [2.45, 2.75) is 13.8 Å².